The van der Waals surface area contributed by atoms with E-state index in [1.807, 2.05) is 18.7 Å². The average Bonchev–Trinajstić information content (AvgIpc) is 2.66. The van der Waals surface area contributed by atoms with Crippen molar-refractivity contribution < 1.29 is 4.39 Å². The van der Waals surface area contributed by atoms with E-state index in [2.05, 4.69) is 17.3 Å². The molecule has 0 aliphatic rings. The van der Waals surface area contributed by atoms with Crippen LogP contribution in [0.3, 0.4) is 0 Å². The van der Waals surface area contributed by atoms with Gasteiger partial charge in [-0.2, -0.15) is 5.10 Å². The SMILES string of the molecule is CNCCc1c(C)nn(Cc2ccc(F)cc2Cl)c1C. The lowest BCUT2D eigenvalue weighted by molar-refractivity contribution is 0.622. The third kappa shape index (κ3) is 3.19. The minimum atomic E-state index is -0.318. The fraction of sp³-hybridized carbons (Fsp3) is 0.400. The van der Waals surface area contributed by atoms with Crippen molar-refractivity contribution in [3.05, 3.63) is 51.6 Å². The first-order valence-electron chi connectivity index (χ1n) is 6.64. The predicted molar refractivity (Wildman–Crippen MR) is 79.8 cm³/mol. The summed E-state index contributed by atoms with van der Waals surface area (Å²) >= 11 is 6.07. The molecule has 1 aromatic carbocycles. The van der Waals surface area contributed by atoms with Crippen LogP contribution in [0.4, 0.5) is 4.39 Å². The Kier molecular flexibility index (Phi) is 4.78. The van der Waals surface area contributed by atoms with Gasteiger partial charge in [-0.25, -0.2) is 4.39 Å². The molecule has 0 saturated heterocycles. The van der Waals surface area contributed by atoms with Crippen LogP contribution < -0.4 is 5.32 Å². The fourth-order valence-corrected chi connectivity index (χ4v) is 2.54. The van der Waals surface area contributed by atoms with Crippen LogP contribution in [0.1, 0.15) is 22.5 Å². The Balaban J connectivity index is 2.25. The third-order valence-electron chi connectivity index (χ3n) is 3.49. The lowest BCUT2D eigenvalue weighted by atomic mass is 10.1. The van der Waals surface area contributed by atoms with Gasteiger partial charge in [0.15, 0.2) is 0 Å². The molecule has 1 heterocycles. The molecule has 1 N–H and O–H groups in total. The molecular weight excluding hydrogens is 277 g/mol. The van der Waals surface area contributed by atoms with Crippen LogP contribution in [0.25, 0.3) is 0 Å². The molecule has 0 radical (unpaired) electrons. The van der Waals surface area contributed by atoms with Gasteiger partial charge in [0, 0.05) is 10.7 Å². The predicted octanol–water partition coefficient (Wildman–Crippen LogP) is 3.10. The van der Waals surface area contributed by atoms with E-state index in [1.54, 1.807) is 6.07 Å². The monoisotopic (exact) mass is 295 g/mol. The van der Waals surface area contributed by atoms with Crippen LogP contribution in [0.5, 0.6) is 0 Å². The first kappa shape index (κ1) is 15.0. The molecule has 2 rings (SSSR count). The smallest absolute Gasteiger partial charge is 0.124 e. The lowest BCUT2D eigenvalue weighted by Crippen LogP contribution is -2.11. The fourth-order valence-electron chi connectivity index (χ4n) is 2.31. The Labute approximate surface area is 123 Å². The van der Waals surface area contributed by atoms with E-state index in [0.29, 0.717) is 11.6 Å². The van der Waals surface area contributed by atoms with Gasteiger partial charge in [0.2, 0.25) is 0 Å². The van der Waals surface area contributed by atoms with E-state index in [0.717, 1.165) is 29.9 Å². The van der Waals surface area contributed by atoms with Crippen molar-refractivity contribution in [3.63, 3.8) is 0 Å². The van der Waals surface area contributed by atoms with E-state index in [4.69, 9.17) is 11.6 Å². The zero-order valence-electron chi connectivity index (χ0n) is 12.0. The van der Waals surface area contributed by atoms with Crippen molar-refractivity contribution in [1.82, 2.24) is 15.1 Å². The van der Waals surface area contributed by atoms with Gasteiger partial charge in [0.1, 0.15) is 5.82 Å². The second-order valence-corrected chi connectivity index (χ2v) is 5.30. The standard InChI is InChI=1S/C15H19ClFN3/c1-10-14(6-7-18-3)11(2)20(19-10)9-12-4-5-13(17)8-15(12)16/h4-5,8,18H,6-7,9H2,1-3H3. The number of halogens is 2. The number of rotatable bonds is 5. The summed E-state index contributed by atoms with van der Waals surface area (Å²) in [7, 11) is 1.94. The van der Waals surface area contributed by atoms with Crippen molar-refractivity contribution in [2.75, 3.05) is 13.6 Å². The highest BCUT2D eigenvalue weighted by atomic mass is 35.5. The number of aromatic nitrogens is 2. The second kappa shape index (κ2) is 6.37. The highest BCUT2D eigenvalue weighted by Gasteiger charge is 2.12. The van der Waals surface area contributed by atoms with Crippen molar-refractivity contribution in [3.8, 4) is 0 Å². The van der Waals surface area contributed by atoms with Gasteiger partial charge in [-0.05, 0) is 57.1 Å². The molecule has 0 atom stereocenters. The summed E-state index contributed by atoms with van der Waals surface area (Å²) in [5.41, 5.74) is 4.31. The van der Waals surface area contributed by atoms with Crippen LogP contribution >= 0.6 is 11.6 Å². The molecule has 0 unspecified atom stereocenters. The molecular formula is C15H19ClFN3. The summed E-state index contributed by atoms with van der Waals surface area (Å²) in [6.07, 6.45) is 0.950. The van der Waals surface area contributed by atoms with Gasteiger partial charge in [0.25, 0.3) is 0 Å². The summed E-state index contributed by atoms with van der Waals surface area (Å²) in [6, 6.07) is 4.47. The maximum atomic E-state index is 13.1. The van der Waals surface area contributed by atoms with E-state index in [1.165, 1.54) is 17.7 Å². The normalized spacial score (nSPS) is 11.1. The van der Waals surface area contributed by atoms with Crippen LogP contribution in [-0.4, -0.2) is 23.4 Å². The Bertz CT molecular complexity index is 607. The first-order chi connectivity index (χ1) is 9.52. The average molecular weight is 296 g/mol. The number of likely N-dealkylation sites (N-methyl/N-ethyl adjacent to an activating group) is 1. The third-order valence-corrected chi connectivity index (χ3v) is 3.84. The van der Waals surface area contributed by atoms with Crippen LogP contribution in [0, 0.1) is 19.7 Å². The van der Waals surface area contributed by atoms with Crippen molar-refractivity contribution in [2.24, 2.45) is 0 Å². The second-order valence-electron chi connectivity index (χ2n) is 4.90. The summed E-state index contributed by atoms with van der Waals surface area (Å²) in [4.78, 5) is 0. The zero-order valence-corrected chi connectivity index (χ0v) is 12.8. The molecule has 0 amide bonds. The molecule has 3 nitrogen and oxygen atoms in total. The van der Waals surface area contributed by atoms with Gasteiger partial charge >= 0.3 is 0 Å². The molecule has 0 spiro atoms. The maximum absolute atomic E-state index is 13.1. The van der Waals surface area contributed by atoms with Crippen molar-refractivity contribution in [2.45, 2.75) is 26.8 Å². The van der Waals surface area contributed by atoms with Gasteiger partial charge in [-0.15, -0.1) is 0 Å². The number of benzene rings is 1. The minimum Gasteiger partial charge on any atom is -0.319 e. The molecule has 0 bridgehead atoms. The highest BCUT2D eigenvalue weighted by Crippen LogP contribution is 2.20. The van der Waals surface area contributed by atoms with E-state index >= 15 is 0 Å². The van der Waals surface area contributed by atoms with Gasteiger partial charge in [0.05, 0.1) is 12.2 Å². The largest absolute Gasteiger partial charge is 0.319 e. The van der Waals surface area contributed by atoms with Crippen LogP contribution in [0.2, 0.25) is 5.02 Å². The molecule has 20 heavy (non-hydrogen) atoms. The molecule has 0 aliphatic heterocycles. The Morgan fingerprint density at radius 3 is 2.75 bits per heavy atom. The summed E-state index contributed by atoms with van der Waals surface area (Å²) in [5, 5.41) is 8.14. The topological polar surface area (TPSA) is 29.9 Å². The Hall–Kier alpha value is -1.39. The van der Waals surface area contributed by atoms with Crippen molar-refractivity contribution in [1.29, 1.82) is 0 Å². The molecule has 0 saturated carbocycles. The van der Waals surface area contributed by atoms with Gasteiger partial charge in [-0.1, -0.05) is 17.7 Å². The van der Waals surface area contributed by atoms with Gasteiger partial charge in [-0.3, -0.25) is 4.68 Å². The molecule has 108 valence electrons. The Morgan fingerprint density at radius 2 is 2.10 bits per heavy atom. The Morgan fingerprint density at radius 1 is 1.35 bits per heavy atom. The number of hydrogen-bond acceptors (Lipinski definition) is 2. The summed E-state index contributed by atoms with van der Waals surface area (Å²) < 4.78 is 15.0. The number of nitrogens with zero attached hydrogens (tertiary/aromatic N) is 2. The highest BCUT2D eigenvalue weighted by molar-refractivity contribution is 6.31. The van der Waals surface area contributed by atoms with Crippen molar-refractivity contribution >= 4 is 11.6 Å². The number of aryl methyl sites for hydroxylation is 1. The molecule has 0 aliphatic carbocycles. The van der Waals surface area contributed by atoms with Crippen LogP contribution in [-0.2, 0) is 13.0 Å². The summed E-state index contributed by atoms with van der Waals surface area (Å²) in [6.45, 7) is 5.55. The number of nitrogens with one attached hydrogen (secondary N) is 1. The van der Waals surface area contributed by atoms with E-state index in [-0.39, 0.29) is 5.82 Å². The molecule has 5 heteroatoms. The quantitative estimate of drug-likeness (QED) is 0.918. The molecule has 2 aromatic rings. The number of hydrogen-bond donors (Lipinski definition) is 1. The molecule has 1 aromatic heterocycles. The zero-order chi connectivity index (χ0) is 14.7. The maximum Gasteiger partial charge on any atom is 0.124 e. The minimum absolute atomic E-state index is 0.318. The van der Waals surface area contributed by atoms with E-state index < -0.39 is 0 Å². The van der Waals surface area contributed by atoms with Gasteiger partial charge < -0.3 is 5.32 Å². The lowest BCUT2D eigenvalue weighted by Gasteiger charge is -2.08. The summed E-state index contributed by atoms with van der Waals surface area (Å²) in [5.74, 6) is -0.318. The first-order valence-corrected chi connectivity index (χ1v) is 7.02. The van der Waals surface area contributed by atoms with Crippen LogP contribution in [0.15, 0.2) is 18.2 Å². The van der Waals surface area contributed by atoms with E-state index in [9.17, 15) is 4.39 Å². The molecule has 0 fully saturated rings.